The number of carbonyl (C=O) groups is 1. The Kier molecular flexibility index (Phi) is 2.70. The summed E-state index contributed by atoms with van der Waals surface area (Å²) in [6, 6.07) is 6.12. The van der Waals surface area contributed by atoms with Crippen LogP contribution >= 0.6 is 15.9 Å². The quantitative estimate of drug-likeness (QED) is 0.651. The van der Waals surface area contributed by atoms with Gasteiger partial charge in [0.25, 0.3) is 0 Å². The molecule has 17 heavy (non-hydrogen) atoms. The lowest BCUT2D eigenvalue weighted by atomic mass is 9.77. The second kappa shape index (κ2) is 4.09. The number of benzene rings is 1. The van der Waals surface area contributed by atoms with Gasteiger partial charge in [-0.05, 0) is 49.8 Å². The summed E-state index contributed by atoms with van der Waals surface area (Å²) in [7, 11) is 0. The van der Waals surface area contributed by atoms with Crippen LogP contribution in [0.3, 0.4) is 0 Å². The second-order valence-electron chi connectivity index (χ2n) is 5.16. The molecule has 0 heterocycles. The zero-order chi connectivity index (χ0) is 11.9. The average Bonchev–Trinajstić information content (AvgIpc) is 2.51. The van der Waals surface area contributed by atoms with E-state index in [0.717, 1.165) is 42.1 Å². The number of hydrogen-bond acceptors (Lipinski definition) is 1. The monoisotopic (exact) mass is 290 g/mol. The van der Waals surface area contributed by atoms with Crippen molar-refractivity contribution in [1.29, 1.82) is 0 Å². The zero-order valence-electron chi connectivity index (χ0n) is 9.71. The Bertz CT molecular complexity index is 504. The van der Waals surface area contributed by atoms with Crippen LogP contribution in [-0.4, -0.2) is 5.78 Å². The van der Waals surface area contributed by atoms with E-state index >= 15 is 0 Å². The number of allylic oxidation sites excluding steroid dienone is 2. The van der Waals surface area contributed by atoms with Gasteiger partial charge in [0.2, 0.25) is 0 Å². The highest BCUT2D eigenvalue weighted by molar-refractivity contribution is 9.10. The minimum atomic E-state index is -0.129. The molecule has 88 valence electrons. The molecule has 0 aromatic heterocycles. The van der Waals surface area contributed by atoms with Crippen molar-refractivity contribution in [3.05, 3.63) is 46.0 Å². The molecule has 1 aromatic carbocycles. The molecular weight excluding hydrogens is 276 g/mol. The van der Waals surface area contributed by atoms with Crippen LogP contribution in [0.1, 0.15) is 41.6 Å². The molecule has 2 heteroatoms. The van der Waals surface area contributed by atoms with E-state index in [2.05, 4.69) is 34.1 Å². The van der Waals surface area contributed by atoms with Crippen molar-refractivity contribution >= 4 is 21.7 Å². The van der Waals surface area contributed by atoms with E-state index in [1.807, 2.05) is 12.1 Å². The first-order chi connectivity index (χ1) is 8.21. The Morgan fingerprint density at radius 1 is 1.24 bits per heavy atom. The summed E-state index contributed by atoms with van der Waals surface area (Å²) in [5.41, 5.74) is 2.04. The van der Waals surface area contributed by atoms with Gasteiger partial charge in [-0.15, -0.1) is 0 Å². The van der Waals surface area contributed by atoms with Crippen molar-refractivity contribution in [3.63, 3.8) is 0 Å². The lowest BCUT2D eigenvalue weighted by Crippen LogP contribution is -2.26. The number of Topliss-reactive ketones (excluding diaryl/α,β-unsaturated/α-hetero) is 1. The number of ketones is 1. The Hall–Kier alpha value is -0.890. The number of carbonyl (C=O) groups excluding carboxylic acids is 1. The smallest absolute Gasteiger partial charge is 0.169 e. The van der Waals surface area contributed by atoms with E-state index in [1.165, 1.54) is 5.56 Å². The third kappa shape index (κ3) is 1.79. The maximum absolute atomic E-state index is 12.6. The summed E-state index contributed by atoms with van der Waals surface area (Å²) in [5, 5.41) is 0. The van der Waals surface area contributed by atoms with Crippen molar-refractivity contribution in [1.82, 2.24) is 0 Å². The van der Waals surface area contributed by atoms with Crippen LogP contribution in [0, 0.1) is 5.41 Å². The molecule has 0 saturated carbocycles. The molecule has 1 aromatic rings. The van der Waals surface area contributed by atoms with E-state index in [0.29, 0.717) is 5.78 Å². The number of fused-ring (bicyclic) bond motifs is 1. The summed E-state index contributed by atoms with van der Waals surface area (Å²) >= 11 is 3.45. The molecule has 0 N–H and O–H groups in total. The van der Waals surface area contributed by atoms with E-state index in [1.54, 1.807) is 0 Å². The van der Waals surface area contributed by atoms with E-state index in [-0.39, 0.29) is 5.41 Å². The van der Waals surface area contributed by atoms with Crippen molar-refractivity contribution in [2.75, 3.05) is 0 Å². The molecule has 1 unspecified atom stereocenters. The maximum Gasteiger partial charge on any atom is 0.169 e. The molecule has 0 radical (unpaired) electrons. The van der Waals surface area contributed by atoms with E-state index in [4.69, 9.17) is 0 Å². The molecule has 0 aliphatic heterocycles. The average molecular weight is 291 g/mol. The summed E-state index contributed by atoms with van der Waals surface area (Å²) in [5.74, 6) is 0.361. The van der Waals surface area contributed by atoms with Crippen LogP contribution in [0.25, 0.3) is 0 Å². The first-order valence-corrected chi connectivity index (χ1v) is 6.99. The third-order valence-electron chi connectivity index (χ3n) is 4.03. The molecular formula is C15H15BrO. The van der Waals surface area contributed by atoms with Gasteiger partial charge in [-0.3, -0.25) is 4.79 Å². The minimum absolute atomic E-state index is 0.129. The third-order valence-corrected chi connectivity index (χ3v) is 4.52. The van der Waals surface area contributed by atoms with Crippen molar-refractivity contribution < 1.29 is 4.79 Å². The topological polar surface area (TPSA) is 17.1 Å². The largest absolute Gasteiger partial charge is 0.294 e. The molecule has 2 aliphatic rings. The molecule has 0 saturated heterocycles. The lowest BCUT2D eigenvalue weighted by Gasteiger charge is -2.24. The fourth-order valence-corrected chi connectivity index (χ4v) is 3.46. The van der Waals surface area contributed by atoms with E-state index in [9.17, 15) is 4.79 Å². The Balaban J connectivity index is 2.02. The molecule has 0 bridgehead atoms. The Morgan fingerprint density at radius 2 is 2.12 bits per heavy atom. The van der Waals surface area contributed by atoms with Gasteiger partial charge in [-0.25, -0.2) is 0 Å². The first-order valence-electron chi connectivity index (χ1n) is 6.20. The summed E-state index contributed by atoms with van der Waals surface area (Å²) in [4.78, 5) is 12.6. The normalized spacial score (nSPS) is 27.2. The summed E-state index contributed by atoms with van der Waals surface area (Å²) in [6.45, 7) is 0. The Labute approximate surface area is 110 Å². The molecule has 1 atom stereocenters. The highest BCUT2D eigenvalue weighted by atomic mass is 79.9. The maximum atomic E-state index is 12.6. The van der Waals surface area contributed by atoms with Crippen LogP contribution in [0.5, 0.6) is 0 Å². The highest BCUT2D eigenvalue weighted by Gasteiger charge is 2.44. The molecule has 3 rings (SSSR count). The van der Waals surface area contributed by atoms with Gasteiger partial charge in [-0.1, -0.05) is 34.1 Å². The molecule has 1 nitrogen and oxygen atoms in total. The minimum Gasteiger partial charge on any atom is -0.294 e. The van der Waals surface area contributed by atoms with Gasteiger partial charge in [0.05, 0.1) is 0 Å². The standard InChI is InChI=1S/C15H15BrO/c16-12-6-5-11-10-15(14(17)13(11)9-12)7-3-1-2-4-8-15/h1,3,5-6,9H,2,4,7-8,10H2. The van der Waals surface area contributed by atoms with Gasteiger partial charge < -0.3 is 0 Å². The fourth-order valence-electron chi connectivity index (χ4n) is 3.10. The van der Waals surface area contributed by atoms with Crippen molar-refractivity contribution in [3.8, 4) is 0 Å². The van der Waals surface area contributed by atoms with E-state index < -0.39 is 0 Å². The van der Waals surface area contributed by atoms with Gasteiger partial charge >= 0.3 is 0 Å². The SMILES string of the molecule is O=C1c2cc(Br)ccc2CC12CC=CCCC2. The predicted molar refractivity (Wildman–Crippen MR) is 72.2 cm³/mol. The molecule has 0 fully saturated rings. The Morgan fingerprint density at radius 3 is 3.00 bits per heavy atom. The highest BCUT2D eigenvalue weighted by Crippen LogP contribution is 2.45. The zero-order valence-corrected chi connectivity index (χ0v) is 11.3. The van der Waals surface area contributed by atoms with Crippen LogP contribution in [-0.2, 0) is 6.42 Å². The van der Waals surface area contributed by atoms with Crippen LogP contribution in [0.4, 0.5) is 0 Å². The summed E-state index contributed by atoms with van der Waals surface area (Å²) in [6.07, 6.45) is 9.56. The molecule has 2 aliphatic carbocycles. The van der Waals surface area contributed by atoms with Gasteiger partial charge in [-0.2, -0.15) is 0 Å². The van der Waals surface area contributed by atoms with Gasteiger partial charge in [0.15, 0.2) is 5.78 Å². The molecule has 0 amide bonds. The van der Waals surface area contributed by atoms with Crippen molar-refractivity contribution in [2.24, 2.45) is 5.41 Å². The number of hydrogen-bond donors (Lipinski definition) is 0. The van der Waals surface area contributed by atoms with Crippen LogP contribution in [0.15, 0.2) is 34.8 Å². The number of rotatable bonds is 0. The second-order valence-corrected chi connectivity index (χ2v) is 6.07. The number of halogens is 1. The fraction of sp³-hybridized carbons (Fsp3) is 0.400. The van der Waals surface area contributed by atoms with Gasteiger partial charge in [0.1, 0.15) is 0 Å². The van der Waals surface area contributed by atoms with Gasteiger partial charge in [0, 0.05) is 15.5 Å². The van der Waals surface area contributed by atoms with Crippen molar-refractivity contribution in [2.45, 2.75) is 32.1 Å². The first kappa shape index (κ1) is 11.2. The summed E-state index contributed by atoms with van der Waals surface area (Å²) < 4.78 is 1.01. The predicted octanol–water partition coefficient (Wildman–Crippen LogP) is 4.30. The molecule has 1 spiro atoms. The lowest BCUT2D eigenvalue weighted by molar-refractivity contribution is 0.0807. The van der Waals surface area contributed by atoms with Crippen LogP contribution < -0.4 is 0 Å². The van der Waals surface area contributed by atoms with Crippen LogP contribution in [0.2, 0.25) is 0 Å².